The molecule has 0 aromatic heterocycles. The van der Waals surface area contributed by atoms with Crippen LogP contribution in [0, 0.1) is 12.8 Å². The molecule has 0 N–H and O–H groups in total. The normalized spacial score (nSPS) is 20.2. The fraction of sp³-hybridized carbons (Fsp3) is 0.647. The molecule has 0 saturated carbocycles. The zero-order chi connectivity index (χ0) is 17.0. The SMILES string of the molecule is Cc1ccc(OCC2CCCN(S(=O)(=O)N(C)C(C)C)C2)cc1. The predicted octanol–water partition coefficient (Wildman–Crippen LogP) is 2.67. The molecule has 1 unspecified atom stereocenters. The van der Waals surface area contributed by atoms with E-state index in [-0.39, 0.29) is 12.0 Å². The first kappa shape index (κ1) is 18.2. The summed E-state index contributed by atoms with van der Waals surface area (Å²) in [6, 6.07) is 7.91. The summed E-state index contributed by atoms with van der Waals surface area (Å²) in [4.78, 5) is 0. The highest BCUT2D eigenvalue weighted by Crippen LogP contribution is 2.23. The Bertz CT molecular complexity index is 599. The third-order valence-electron chi connectivity index (χ3n) is 4.41. The van der Waals surface area contributed by atoms with Gasteiger partial charge in [-0.2, -0.15) is 17.0 Å². The minimum atomic E-state index is -3.37. The smallest absolute Gasteiger partial charge is 0.281 e. The third kappa shape index (κ3) is 4.68. The van der Waals surface area contributed by atoms with Gasteiger partial charge in [-0.25, -0.2) is 0 Å². The van der Waals surface area contributed by atoms with Crippen molar-refractivity contribution in [1.29, 1.82) is 0 Å². The van der Waals surface area contributed by atoms with Gasteiger partial charge in [0.25, 0.3) is 10.2 Å². The van der Waals surface area contributed by atoms with Crippen LogP contribution in [0.15, 0.2) is 24.3 Å². The van der Waals surface area contributed by atoms with Crippen LogP contribution in [0.1, 0.15) is 32.3 Å². The van der Waals surface area contributed by atoms with E-state index in [1.54, 1.807) is 11.4 Å². The van der Waals surface area contributed by atoms with Crippen molar-refractivity contribution in [2.75, 3.05) is 26.7 Å². The molecule has 0 spiro atoms. The van der Waals surface area contributed by atoms with E-state index in [1.165, 1.54) is 9.87 Å². The number of benzene rings is 1. The molecule has 1 heterocycles. The number of ether oxygens (including phenoxy) is 1. The lowest BCUT2D eigenvalue weighted by molar-refractivity contribution is 0.174. The molecule has 1 aromatic rings. The molecule has 5 nitrogen and oxygen atoms in total. The topological polar surface area (TPSA) is 49.9 Å². The van der Waals surface area contributed by atoms with E-state index in [0.29, 0.717) is 19.7 Å². The van der Waals surface area contributed by atoms with E-state index in [2.05, 4.69) is 0 Å². The molecule has 1 aliphatic heterocycles. The molecule has 1 saturated heterocycles. The summed E-state index contributed by atoms with van der Waals surface area (Å²) in [7, 11) is -1.73. The Morgan fingerprint density at radius 3 is 2.57 bits per heavy atom. The first-order valence-corrected chi connectivity index (χ1v) is 9.63. The quantitative estimate of drug-likeness (QED) is 0.800. The first-order chi connectivity index (χ1) is 10.8. The number of hydrogen-bond donors (Lipinski definition) is 0. The summed E-state index contributed by atoms with van der Waals surface area (Å²) in [5.41, 5.74) is 1.20. The molecule has 1 aliphatic rings. The van der Waals surface area contributed by atoms with Gasteiger partial charge in [-0.3, -0.25) is 0 Å². The number of piperidine rings is 1. The lowest BCUT2D eigenvalue weighted by atomic mass is 10.0. The summed E-state index contributed by atoms with van der Waals surface area (Å²) in [6.07, 6.45) is 1.89. The van der Waals surface area contributed by atoms with Crippen molar-refractivity contribution in [3.05, 3.63) is 29.8 Å². The van der Waals surface area contributed by atoms with Gasteiger partial charge in [0.2, 0.25) is 0 Å². The van der Waals surface area contributed by atoms with Crippen LogP contribution in [-0.2, 0) is 10.2 Å². The minimum absolute atomic E-state index is 0.0378. The second kappa shape index (κ2) is 7.64. The van der Waals surface area contributed by atoms with Crippen LogP contribution >= 0.6 is 0 Å². The van der Waals surface area contributed by atoms with Crippen molar-refractivity contribution in [1.82, 2.24) is 8.61 Å². The molecule has 1 atom stereocenters. The predicted molar refractivity (Wildman–Crippen MR) is 92.8 cm³/mol. The van der Waals surface area contributed by atoms with Crippen molar-refractivity contribution >= 4 is 10.2 Å². The van der Waals surface area contributed by atoms with Crippen LogP contribution in [0.4, 0.5) is 0 Å². The standard InChI is InChI=1S/C17H28N2O3S/c1-14(2)18(4)23(20,21)19-11-5-6-16(12-19)13-22-17-9-7-15(3)8-10-17/h7-10,14,16H,5-6,11-13H2,1-4H3. The Morgan fingerprint density at radius 1 is 1.30 bits per heavy atom. The largest absolute Gasteiger partial charge is 0.493 e. The molecular weight excluding hydrogens is 312 g/mol. The zero-order valence-corrected chi connectivity index (χ0v) is 15.3. The lowest BCUT2D eigenvalue weighted by Crippen LogP contribution is -2.49. The first-order valence-electron chi connectivity index (χ1n) is 8.23. The van der Waals surface area contributed by atoms with Crippen LogP contribution in [0.2, 0.25) is 0 Å². The van der Waals surface area contributed by atoms with E-state index < -0.39 is 10.2 Å². The minimum Gasteiger partial charge on any atom is -0.493 e. The number of aryl methyl sites for hydroxylation is 1. The van der Waals surface area contributed by atoms with Crippen molar-refractivity contribution in [3.63, 3.8) is 0 Å². The van der Waals surface area contributed by atoms with Gasteiger partial charge in [0.1, 0.15) is 5.75 Å². The monoisotopic (exact) mass is 340 g/mol. The fourth-order valence-corrected chi connectivity index (χ4v) is 4.33. The van der Waals surface area contributed by atoms with Crippen molar-refractivity contribution < 1.29 is 13.2 Å². The fourth-order valence-electron chi connectivity index (χ4n) is 2.67. The molecule has 2 rings (SSSR count). The van der Waals surface area contributed by atoms with Crippen molar-refractivity contribution in [2.45, 2.75) is 39.7 Å². The second-order valence-electron chi connectivity index (χ2n) is 6.61. The van der Waals surface area contributed by atoms with Gasteiger partial charge in [0.05, 0.1) is 6.61 Å². The number of hydrogen-bond acceptors (Lipinski definition) is 3. The van der Waals surface area contributed by atoms with Gasteiger partial charge < -0.3 is 4.74 Å². The Balaban J connectivity index is 1.94. The Hall–Kier alpha value is -1.11. The van der Waals surface area contributed by atoms with Crippen LogP contribution in [0.25, 0.3) is 0 Å². The maximum atomic E-state index is 12.6. The zero-order valence-electron chi connectivity index (χ0n) is 14.5. The highest BCUT2D eigenvalue weighted by atomic mass is 32.2. The van der Waals surface area contributed by atoms with Gasteiger partial charge in [0.15, 0.2) is 0 Å². The van der Waals surface area contributed by atoms with E-state index in [1.807, 2.05) is 45.0 Å². The summed E-state index contributed by atoms with van der Waals surface area (Å²) in [6.45, 7) is 7.50. The highest BCUT2D eigenvalue weighted by molar-refractivity contribution is 7.86. The van der Waals surface area contributed by atoms with E-state index >= 15 is 0 Å². The maximum Gasteiger partial charge on any atom is 0.281 e. The van der Waals surface area contributed by atoms with Crippen molar-refractivity contribution in [3.8, 4) is 5.75 Å². The number of nitrogens with zero attached hydrogens (tertiary/aromatic N) is 2. The summed E-state index contributed by atoms with van der Waals surface area (Å²) in [5.74, 6) is 1.08. The van der Waals surface area contributed by atoms with Crippen LogP contribution in [-0.4, -0.2) is 49.8 Å². The van der Waals surface area contributed by atoms with Crippen LogP contribution < -0.4 is 4.74 Å². The van der Waals surface area contributed by atoms with Gasteiger partial charge >= 0.3 is 0 Å². The van der Waals surface area contributed by atoms with E-state index in [4.69, 9.17) is 4.74 Å². The van der Waals surface area contributed by atoms with Gasteiger partial charge in [-0.1, -0.05) is 17.7 Å². The lowest BCUT2D eigenvalue weighted by Gasteiger charge is -2.35. The Labute approximate surface area is 140 Å². The van der Waals surface area contributed by atoms with E-state index in [0.717, 1.165) is 18.6 Å². The van der Waals surface area contributed by atoms with E-state index in [9.17, 15) is 8.42 Å². The molecule has 1 aromatic carbocycles. The molecule has 0 bridgehead atoms. The molecular formula is C17H28N2O3S. The highest BCUT2D eigenvalue weighted by Gasteiger charge is 2.33. The molecule has 0 amide bonds. The van der Waals surface area contributed by atoms with Gasteiger partial charge in [-0.05, 0) is 45.7 Å². The van der Waals surface area contributed by atoms with Crippen molar-refractivity contribution in [2.24, 2.45) is 5.92 Å². The van der Waals surface area contributed by atoms with Crippen LogP contribution in [0.3, 0.4) is 0 Å². The average Bonchev–Trinajstić information content (AvgIpc) is 2.53. The molecule has 0 radical (unpaired) electrons. The molecule has 6 heteroatoms. The number of rotatable bonds is 6. The third-order valence-corrected chi connectivity index (χ3v) is 6.54. The summed E-state index contributed by atoms with van der Waals surface area (Å²) < 4.78 is 34.1. The summed E-state index contributed by atoms with van der Waals surface area (Å²) >= 11 is 0. The Kier molecular flexibility index (Phi) is 6.06. The maximum absolute atomic E-state index is 12.6. The molecule has 0 aliphatic carbocycles. The average molecular weight is 340 g/mol. The van der Waals surface area contributed by atoms with Gasteiger partial charge in [-0.15, -0.1) is 0 Å². The Morgan fingerprint density at radius 2 is 1.96 bits per heavy atom. The van der Waals surface area contributed by atoms with Gasteiger partial charge in [0, 0.05) is 32.1 Å². The second-order valence-corrected chi connectivity index (χ2v) is 8.60. The molecule has 1 fully saturated rings. The summed E-state index contributed by atoms with van der Waals surface area (Å²) in [5, 5.41) is 0. The van der Waals surface area contributed by atoms with Crippen LogP contribution in [0.5, 0.6) is 5.75 Å². The molecule has 130 valence electrons. The molecule has 23 heavy (non-hydrogen) atoms.